The Kier molecular flexibility index (Phi) is 4.19. The van der Waals surface area contributed by atoms with Crippen molar-refractivity contribution < 1.29 is 22.0 Å². The Labute approximate surface area is 135 Å². The van der Waals surface area contributed by atoms with Gasteiger partial charge in [-0.1, -0.05) is 0 Å². The number of benzene rings is 1. The average molecular weight is 342 g/mol. The van der Waals surface area contributed by atoms with Crippen LogP contribution in [0.15, 0.2) is 42.6 Å². The van der Waals surface area contributed by atoms with E-state index in [0.717, 1.165) is 12.1 Å². The molecule has 0 amide bonds. The zero-order valence-electron chi connectivity index (χ0n) is 12.7. The number of nitrogens with zero attached hydrogens (tertiary/aromatic N) is 2. The first-order chi connectivity index (χ1) is 11.3. The average Bonchev–Trinajstić information content (AvgIpc) is 2.55. The highest BCUT2D eigenvalue weighted by Crippen LogP contribution is 2.38. The quantitative estimate of drug-likeness (QED) is 0.735. The molecule has 1 aliphatic heterocycles. The molecule has 1 fully saturated rings. The maximum Gasteiger partial charge on any atom is 0.416 e. The van der Waals surface area contributed by atoms with E-state index < -0.39 is 23.2 Å². The maximum atomic E-state index is 15.0. The van der Waals surface area contributed by atoms with Gasteiger partial charge in [0.2, 0.25) is 0 Å². The number of hydrogen-bond donors (Lipinski definition) is 0. The van der Waals surface area contributed by atoms with Crippen molar-refractivity contribution in [3.8, 4) is 0 Å². The topological polar surface area (TPSA) is 16.1 Å². The van der Waals surface area contributed by atoms with Gasteiger partial charge in [0.1, 0.15) is 11.5 Å². The highest BCUT2D eigenvalue weighted by molar-refractivity contribution is 5.48. The Morgan fingerprint density at radius 2 is 1.62 bits per heavy atom. The van der Waals surface area contributed by atoms with Gasteiger partial charge >= 0.3 is 6.18 Å². The molecule has 0 atom stereocenters. The zero-order chi connectivity index (χ0) is 17.4. The summed E-state index contributed by atoms with van der Waals surface area (Å²) >= 11 is 0. The van der Waals surface area contributed by atoms with Gasteiger partial charge in [-0.2, -0.15) is 13.2 Å². The fourth-order valence-corrected chi connectivity index (χ4v) is 2.93. The van der Waals surface area contributed by atoms with Crippen LogP contribution in [0.2, 0.25) is 0 Å². The predicted octanol–water partition coefficient (Wildman–Crippen LogP) is 4.70. The first-order valence-electron chi connectivity index (χ1n) is 7.52. The summed E-state index contributed by atoms with van der Waals surface area (Å²) in [5.74, 6) is -0.678. The molecular weight excluding hydrogens is 327 g/mol. The third kappa shape index (κ3) is 3.20. The normalized spacial score (nSPS) is 17.8. The summed E-state index contributed by atoms with van der Waals surface area (Å²) in [5, 5.41) is 0. The van der Waals surface area contributed by atoms with E-state index in [-0.39, 0.29) is 31.6 Å². The van der Waals surface area contributed by atoms with Gasteiger partial charge in [0, 0.05) is 37.8 Å². The van der Waals surface area contributed by atoms with Crippen LogP contribution in [0.1, 0.15) is 24.1 Å². The van der Waals surface area contributed by atoms with Crippen LogP contribution in [0.25, 0.3) is 0 Å². The van der Waals surface area contributed by atoms with Gasteiger partial charge in [-0.3, -0.25) is 4.98 Å². The first-order valence-corrected chi connectivity index (χ1v) is 7.52. The van der Waals surface area contributed by atoms with E-state index in [1.54, 1.807) is 4.90 Å². The molecule has 2 heterocycles. The molecule has 1 aromatic carbocycles. The number of halogens is 5. The molecule has 0 N–H and O–H groups in total. The van der Waals surface area contributed by atoms with Crippen LogP contribution in [-0.4, -0.2) is 18.1 Å². The monoisotopic (exact) mass is 342 g/mol. The van der Waals surface area contributed by atoms with Crippen LogP contribution >= 0.6 is 0 Å². The van der Waals surface area contributed by atoms with Crippen LogP contribution in [0.4, 0.5) is 27.6 Å². The van der Waals surface area contributed by atoms with Gasteiger partial charge in [-0.15, -0.1) is 0 Å². The number of pyridine rings is 1. The minimum Gasteiger partial charge on any atom is -0.371 e. The lowest BCUT2D eigenvalue weighted by molar-refractivity contribution is -0.137. The first kappa shape index (κ1) is 16.7. The Morgan fingerprint density at radius 1 is 1.00 bits per heavy atom. The van der Waals surface area contributed by atoms with E-state index in [1.807, 2.05) is 0 Å². The number of rotatable bonds is 2. The molecule has 3 rings (SSSR count). The highest BCUT2D eigenvalue weighted by atomic mass is 19.4. The molecule has 0 radical (unpaired) electrons. The molecule has 0 unspecified atom stereocenters. The molecule has 1 saturated heterocycles. The van der Waals surface area contributed by atoms with Crippen molar-refractivity contribution in [3.05, 3.63) is 59.7 Å². The maximum absolute atomic E-state index is 15.0. The van der Waals surface area contributed by atoms with Crippen molar-refractivity contribution in [2.24, 2.45) is 0 Å². The van der Waals surface area contributed by atoms with E-state index in [9.17, 15) is 22.0 Å². The van der Waals surface area contributed by atoms with Crippen molar-refractivity contribution in [1.82, 2.24) is 4.98 Å². The summed E-state index contributed by atoms with van der Waals surface area (Å²) in [6, 6.07) is 7.33. The second-order valence-corrected chi connectivity index (χ2v) is 5.83. The van der Waals surface area contributed by atoms with Gasteiger partial charge in [0.05, 0.1) is 5.56 Å². The molecule has 24 heavy (non-hydrogen) atoms. The van der Waals surface area contributed by atoms with Gasteiger partial charge in [-0.05, 0) is 36.4 Å². The molecule has 1 aliphatic rings. The molecule has 0 bridgehead atoms. The molecule has 7 heteroatoms. The zero-order valence-corrected chi connectivity index (χ0v) is 12.7. The largest absolute Gasteiger partial charge is 0.416 e. The second kappa shape index (κ2) is 6.03. The van der Waals surface area contributed by atoms with Gasteiger partial charge in [0.25, 0.3) is 0 Å². The second-order valence-electron chi connectivity index (χ2n) is 5.83. The Bertz CT molecular complexity index is 704. The number of hydrogen-bond acceptors (Lipinski definition) is 2. The number of piperidine rings is 1. The van der Waals surface area contributed by atoms with Gasteiger partial charge in [0.15, 0.2) is 5.67 Å². The third-order valence-corrected chi connectivity index (χ3v) is 4.30. The molecule has 2 nitrogen and oxygen atoms in total. The number of anilines is 1. The van der Waals surface area contributed by atoms with E-state index in [0.29, 0.717) is 5.69 Å². The SMILES string of the molecule is Fc1cccnc1C1(F)CCN(c2ccc(C(F)(F)F)cc2)CC1. The minimum absolute atomic E-state index is 0.0297. The predicted molar refractivity (Wildman–Crippen MR) is 79.9 cm³/mol. The Hall–Kier alpha value is -2.18. The summed E-state index contributed by atoms with van der Waals surface area (Å²) in [5.41, 5.74) is -2.18. The molecule has 0 saturated carbocycles. The minimum atomic E-state index is -4.38. The number of alkyl halides is 4. The summed E-state index contributed by atoms with van der Waals surface area (Å²) in [6.07, 6.45) is -2.98. The lowest BCUT2D eigenvalue weighted by Crippen LogP contribution is -2.41. The summed E-state index contributed by atoms with van der Waals surface area (Å²) < 4.78 is 66.5. The molecule has 2 aromatic rings. The fourth-order valence-electron chi connectivity index (χ4n) is 2.93. The van der Waals surface area contributed by atoms with Crippen molar-refractivity contribution in [3.63, 3.8) is 0 Å². The third-order valence-electron chi connectivity index (χ3n) is 4.30. The summed E-state index contributed by atoms with van der Waals surface area (Å²) in [6.45, 7) is 0.551. The molecule has 0 aliphatic carbocycles. The van der Waals surface area contributed by atoms with E-state index in [1.165, 1.54) is 30.5 Å². The fraction of sp³-hybridized carbons (Fsp3) is 0.353. The van der Waals surface area contributed by atoms with Crippen LogP contribution in [0.5, 0.6) is 0 Å². The highest BCUT2D eigenvalue weighted by Gasteiger charge is 2.39. The van der Waals surface area contributed by atoms with Gasteiger partial charge in [-0.25, -0.2) is 8.78 Å². The molecular formula is C17H15F5N2. The van der Waals surface area contributed by atoms with E-state index in [2.05, 4.69) is 4.98 Å². The Morgan fingerprint density at radius 3 is 2.17 bits per heavy atom. The van der Waals surface area contributed by atoms with Crippen LogP contribution in [-0.2, 0) is 11.8 Å². The van der Waals surface area contributed by atoms with Crippen LogP contribution < -0.4 is 4.90 Å². The standard InChI is InChI=1S/C17H15F5N2/c18-14-2-1-9-23-15(14)16(19)7-10-24(11-8-16)13-5-3-12(4-6-13)17(20,21)22/h1-6,9H,7-8,10-11H2. The van der Waals surface area contributed by atoms with Crippen molar-refractivity contribution in [2.45, 2.75) is 24.7 Å². The number of aromatic nitrogens is 1. The van der Waals surface area contributed by atoms with Crippen molar-refractivity contribution in [2.75, 3.05) is 18.0 Å². The molecule has 128 valence electrons. The van der Waals surface area contributed by atoms with Crippen LogP contribution in [0.3, 0.4) is 0 Å². The lowest BCUT2D eigenvalue weighted by atomic mass is 9.89. The van der Waals surface area contributed by atoms with Crippen molar-refractivity contribution in [1.29, 1.82) is 0 Å². The van der Waals surface area contributed by atoms with Gasteiger partial charge < -0.3 is 4.90 Å². The summed E-state index contributed by atoms with van der Waals surface area (Å²) in [7, 11) is 0. The van der Waals surface area contributed by atoms with E-state index in [4.69, 9.17) is 0 Å². The lowest BCUT2D eigenvalue weighted by Gasteiger charge is -2.37. The summed E-state index contributed by atoms with van der Waals surface area (Å²) in [4.78, 5) is 5.61. The molecule has 1 aromatic heterocycles. The smallest absolute Gasteiger partial charge is 0.371 e. The van der Waals surface area contributed by atoms with Crippen LogP contribution in [0, 0.1) is 5.82 Å². The van der Waals surface area contributed by atoms with E-state index >= 15 is 0 Å². The molecule has 0 spiro atoms. The Balaban J connectivity index is 1.72. The van der Waals surface area contributed by atoms with Crippen molar-refractivity contribution >= 4 is 5.69 Å².